The zero-order valence-corrected chi connectivity index (χ0v) is 22.9. The van der Waals surface area contributed by atoms with Gasteiger partial charge in [-0.25, -0.2) is 0 Å². The van der Waals surface area contributed by atoms with E-state index in [4.69, 9.17) is 9.47 Å². The summed E-state index contributed by atoms with van der Waals surface area (Å²) in [5.41, 5.74) is 4.86. The topological polar surface area (TPSA) is 79.9 Å². The van der Waals surface area contributed by atoms with E-state index in [-0.39, 0.29) is 23.7 Å². The van der Waals surface area contributed by atoms with Crippen molar-refractivity contribution in [3.8, 4) is 11.5 Å². The van der Waals surface area contributed by atoms with Crippen LogP contribution in [0.3, 0.4) is 0 Å². The number of carbonyl (C=O) groups excluding carboxylic acids is 2. The molecule has 1 aliphatic heterocycles. The second-order valence-electron chi connectivity index (χ2n) is 10.8. The maximum absolute atomic E-state index is 13.9. The Balaban J connectivity index is 1.59. The van der Waals surface area contributed by atoms with Crippen LogP contribution in [0.5, 0.6) is 11.5 Å². The van der Waals surface area contributed by atoms with E-state index in [9.17, 15) is 9.59 Å². The van der Waals surface area contributed by atoms with E-state index in [0.29, 0.717) is 24.3 Å². The monoisotopic (exact) mass is 525 g/mol. The van der Waals surface area contributed by atoms with Gasteiger partial charge in [-0.3, -0.25) is 9.59 Å². The molecular weight excluding hydrogens is 490 g/mol. The number of methoxy groups -OCH3 is 2. The normalized spacial score (nSPS) is 17.9. The molecule has 1 atom stereocenters. The van der Waals surface area contributed by atoms with E-state index in [1.54, 1.807) is 14.2 Å². The van der Waals surface area contributed by atoms with Crippen LogP contribution in [-0.2, 0) is 16.1 Å². The predicted molar refractivity (Wildman–Crippen MR) is 153 cm³/mol. The molecule has 1 amide bonds. The van der Waals surface area contributed by atoms with E-state index in [1.807, 2.05) is 77.7 Å². The average molecular weight is 526 g/mol. The number of hydrogen-bond acceptors (Lipinski definition) is 6. The lowest BCUT2D eigenvalue weighted by atomic mass is 9.73. The SMILES string of the molecule is COc1ccccc1CNC(=O)CN1c2ccccc2NC2=C(C(=O)CC(C)(C)C2)C1c1ccccc1OC. The van der Waals surface area contributed by atoms with Crippen molar-refractivity contribution in [3.05, 3.63) is 95.2 Å². The molecule has 0 saturated heterocycles. The van der Waals surface area contributed by atoms with Crippen LogP contribution in [0.2, 0.25) is 0 Å². The molecule has 0 spiro atoms. The number of para-hydroxylation sites is 4. The standard InChI is InChI=1S/C32H35N3O4/c1-32(2)17-24-30(26(36)18-32)31(22-12-6-10-16-28(22)39-4)35(25-14-8-7-13-23(25)34-24)20-29(37)33-19-21-11-5-9-15-27(21)38-3/h5-16,31,34H,17-20H2,1-4H3,(H,33,37). The van der Waals surface area contributed by atoms with E-state index in [1.165, 1.54) is 0 Å². The summed E-state index contributed by atoms with van der Waals surface area (Å²) in [6.45, 7) is 4.61. The first kappa shape index (κ1) is 26.4. The molecule has 5 rings (SSSR count). The third-order valence-electron chi connectivity index (χ3n) is 7.42. The molecule has 1 unspecified atom stereocenters. The summed E-state index contributed by atoms with van der Waals surface area (Å²) >= 11 is 0. The minimum absolute atomic E-state index is 0.0456. The van der Waals surface area contributed by atoms with Crippen molar-refractivity contribution in [3.63, 3.8) is 0 Å². The van der Waals surface area contributed by atoms with Gasteiger partial charge in [0, 0.05) is 35.4 Å². The molecule has 2 N–H and O–H groups in total. The van der Waals surface area contributed by atoms with Crippen LogP contribution in [0, 0.1) is 5.41 Å². The number of ketones is 1. The highest BCUT2D eigenvalue weighted by molar-refractivity contribution is 6.02. The summed E-state index contributed by atoms with van der Waals surface area (Å²) in [7, 11) is 3.25. The molecule has 0 radical (unpaired) electrons. The van der Waals surface area contributed by atoms with Gasteiger partial charge in [-0.05, 0) is 36.1 Å². The molecule has 0 fully saturated rings. The Morgan fingerprint density at radius 2 is 1.62 bits per heavy atom. The summed E-state index contributed by atoms with van der Waals surface area (Å²) in [6.07, 6.45) is 1.16. The zero-order chi connectivity index (χ0) is 27.6. The van der Waals surface area contributed by atoms with E-state index in [0.717, 1.165) is 40.4 Å². The van der Waals surface area contributed by atoms with E-state index < -0.39 is 6.04 Å². The number of nitrogens with zero attached hydrogens (tertiary/aromatic N) is 1. The molecule has 3 aromatic rings. The lowest BCUT2D eigenvalue weighted by Crippen LogP contribution is -2.42. The molecule has 0 aromatic heterocycles. The Morgan fingerprint density at radius 3 is 2.38 bits per heavy atom. The quantitative estimate of drug-likeness (QED) is 0.416. The fourth-order valence-electron chi connectivity index (χ4n) is 5.70. The number of amides is 1. The second-order valence-corrected chi connectivity index (χ2v) is 10.8. The predicted octanol–water partition coefficient (Wildman–Crippen LogP) is 5.64. The summed E-state index contributed by atoms with van der Waals surface area (Å²) < 4.78 is 11.2. The lowest BCUT2D eigenvalue weighted by molar-refractivity contribution is -0.121. The van der Waals surface area contributed by atoms with Gasteiger partial charge in [0.2, 0.25) is 5.91 Å². The van der Waals surface area contributed by atoms with Crippen molar-refractivity contribution in [2.45, 2.75) is 39.3 Å². The molecule has 2 aliphatic rings. The number of allylic oxidation sites excluding steroid dienone is 1. The first-order valence-electron chi connectivity index (χ1n) is 13.2. The lowest BCUT2D eigenvalue weighted by Gasteiger charge is -2.38. The molecule has 202 valence electrons. The van der Waals surface area contributed by atoms with Gasteiger partial charge in [-0.15, -0.1) is 0 Å². The van der Waals surface area contributed by atoms with Crippen LogP contribution >= 0.6 is 0 Å². The summed E-state index contributed by atoms with van der Waals surface area (Å²) in [6, 6.07) is 22.8. The molecule has 7 heteroatoms. The van der Waals surface area contributed by atoms with Gasteiger partial charge in [0.15, 0.2) is 5.78 Å². The van der Waals surface area contributed by atoms with Gasteiger partial charge >= 0.3 is 0 Å². The smallest absolute Gasteiger partial charge is 0.239 e. The third kappa shape index (κ3) is 5.35. The largest absolute Gasteiger partial charge is 0.496 e. The maximum atomic E-state index is 13.9. The van der Waals surface area contributed by atoms with Crippen LogP contribution in [0.4, 0.5) is 11.4 Å². The number of carbonyl (C=O) groups is 2. The van der Waals surface area contributed by atoms with E-state index in [2.05, 4.69) is 24.5 Å². The maximum Gasteiger partial charge on any atom is 0.239 e. The number of nitrogens with one attached hydrogen (secondary N) is 2. The molecule has 0 bridgehead atoms. The van der Waals surface area contributed by atoms with Crippen molar-refractivity contribution in [2.24, 2.45) is 5.41 Å². The van der Waals surface area contributed by atoms with Crippen LogP contribution in [0.1, 0.15) is 43.9 Å². The highest BCUT2D eigenvalue weighted by Crippen LogP contribution is 2.49. The molecule has 0 saturated carbocycles. The fourth-order valence-corrected chi connectivity index (χ4v) is 5.70. The first-order valence-corrected chi connectivity index (χ1v) is 13.2. The molecule has 39 heavy (non-hydrogen) atoms. The minimum atomic E-state index is -0.507. The summed E-state index contributed by atoms with van der Waals surface area (Å²) in [4.78, 5) is 29.4. The van der Waals surface area contributed by atoms with Gasteiger partial charge in [0.1, 0.15) is 11.5 Å². The molecule has 3 aromatic carbocycles. The third-order valence-corrected chi connectivity index (χ3v) is 7.42. The second kappa shape index (κ2) is 10.8. The van der Waals surface area contributed by atoms with Gasteiger partial charge in [0.25, 0.3) is 0 Å². The van der Waals surface area contributed by atoms with E-state index >= 15 is 0 Å². The number of rotatable bonds is 7. The summed E-state index contributed by atoms with van der Waals surface area (Å²) in [5.74, 6) is 1.31. The zero-order valence-electron chi connectivity index (χ0n) is 22.9. The van der Waals surface area contributed by atoms with Crippen LogP contribution in [-0.4, -0.2) is 32.5 Å². The molecular formula is C32H35N3O4. The molecule has 1 aliphatic carbocycles. The number of anilines is 2. The number of fused-ring (bicyclic) bond motifs is 1. The Kier molecular flexibility index (Phi) is 7.33. The molecule has 1 heterocycles. The van der Waals surface area contributed by atoms with Crippen molar-refractivity contribution in [2.75, 3.05) is 31.0 Å². The van der Waals surface area contributed by atoms with Crippen molar-refractivity contribution in [1.82, 2.24) is 5.32 Å². The minimum Gasteiger partial charge on any atom is -0.496 e. The summed E-state index contributed by atoms with van der Waals surface area (Å²) in [5, 5.41) is 6.64. The van der Waals surface area contributed by atoms with Gasteiger partial charge in [0.05, 0.1) is 38.2 Å². The highest BCUT2D eigenvalue weighted by atomic mass is 16.5. The van der Waals surface area contributed by atoms with Gasteiger partial charge in [-0.1, -0.05) is 62.4 Å². The first-order chi connectivity index (χ1) is 18.8. The molecule has 7 nitrogen and oxygen atoms in total. The number of benzene rings is 3. The van der Waals surface area contributed by atoms with Crippen molar-refractivity contribution in [1.29, 1.82) is 0 Å². The Hall–Kier alpha value is -4.26. The van der Waals surface area contributed by atoms with Crippen molar-refractivity contribution >= 4 is 23.1 Å². The van der Waals surface area contributed by atoms with Crippen molar-refractivity contribution < 1.29 is 19.1 Å². The fraction of sp³-hybridized carbons (Fsp3) is 0.312. The van der Waals surface area contributed by atoms with Crippen LogP contribution in [0.25, 0.3) is 0 Å². The van der Waals surface area contributed by atoms with Crippen LogP contribution in [0.15, 0.2) is 84.1 Å². The highest BCUT2D eigenvalue weighted by Gasteiger charge is 2.42. The Morgan fingerprint density at radius 1 is 0.949 bits per heavy atom. The van der Waals surface area contributed by atoms with Gasteiger partial charge < -0.3 is 25.0 Å². The Bertz CT molecular complexity index is 1430. The van der Waals surface area contributed by atoms with Crippen LogP contribution < -0.4 is 25.0 Å². The van der Waals surface area contributed by atoms with Gasteiger partial charge in [-0.2, -0.15) is 0 Å². The number of ether oxygens (including phenoxy) is 2. The Labute approximate surface area is 229 Å². The number of Topliss-reactive ketones (excluding diaryl/α,β-unsaturated/α-hetero) is 1. The number of hydrogen-bond donors (Lipinski definition) is 2. The average Bonchev–Trinajstić information content (AvgIpc) is 3.05.